The van der Waals surface area contributed by atoms with Gasteiger partial charge in [-0.3, -0.25) is 15.1 Å². The largest absolute Gasteiger partial charge is 0.355 e. The third-order valence-electron chi connectivity index (χ3n) is 4.06. The molecule has 1 heterocycles. The first kappa shape index (κ1) is 21.4. The van der Waals surface area contributed by atoms with Crippen molar-refractivity contribution in [3.05, 3.63) is 58.4 Å². The molecule has 11 heteroatoms. The molecule has 0 saturated carbocycles. The summed E-state index contributed by atoms with van der Waals surface area (Å²) in [4.78, 5) is 16.1. The Bertz CT molecular complexity index is 954. The van der Waals surface area contributed by atoms with Crippen LogP contribution in [0.1, 0.15) is 5.69 Å². The van der Waals surface area contributed by atoms with Gasteiger partial charge in [0, 0.05) is 58.3 Å². The number of aliphatic imine (C=N–C) groups is 1. The van der Waals surface area contributed by atoms with Gasteiger partial charge in [-0.1, -0.05) is 6.07 Å². The number of guanidine groups is 1. The molecule has 0 spiro atoms. The molecule has 0 saturated heterocycles. The quantitative estimate of drug-likeness (QED) is 0.220. The highest BCUT2D eigenvalue weighted by Crippen LogP contribution is 2.16. The van der Waals surface area contributed by atoms with Gasteiger partial charge in [0.1, 0.15) is 0 Å². The fourth-order valence-electron chi connectivity index (χ4n) is 2.57. The summed E-state index contributed by atoms with van der Waals surface area (Å²) in [6.45, 7) is 1.04. The van der Waals surface area contributed by atoms with Crippen molar-refractivity contribution in [1.82, 2.24) is 19.5 Å². The van der Waals surface area contributed by atoms with E-state index in [9.17, 15) is 18.5 Å². The van der Waals surface area contributed by atoms with E-state index >= 15 is 0 Å². The smallest absolute Gasteiger partial charge is 0.270 e. The lowest BCUT2D eigenvalue weighted by Crippen LogP contribution is -2.42. The maximum Gasteiger partial charge on any atom is 0.270 e. The van der Waals surface area contributed by atoms with E-state index < -0.39 is 14.9 Å². The molecular weight excluding hydrogens is 384 g/mol. The molecule has 0 bridgehead atoms. The predicted molar refractivity (Wildman–Crippen MR) is 107 cm³/mol. The highest BCUT2D eigenvalue weighted by Gasteiger charge is 2.17. The number of hydrogen-bond donors (Lipinski definition) is 2. The van der Waals surface area contributed by atoms with Crippen LogP contribution in [-0.4, -0.2) is 56.0 Å². The second-order valence-electron chi connectivity index (χ2n) is 6.09. The van der Waals surface area contributed by atoms with Crippen LogP contribution in [0.3, 0.4) is 0 Å². The molecule has 0 radical (unpaired) electrons. The summed E-state index contributed by atoms with van der Waals surface area (Å²) in [6, 6.07) is 8.90. The van der Waals surface area contributed by atoms with Gasteiger partial charge >= 0.3 is 0 Å². The maximum atomic E-state index is 12.3. The number of aromatic nitrogens is 1. The average molecular weight is 408 g/mol. The van der Waals surface area contributed by atoms with Crippen molar-refractivity contribution in [2.24, 2.45) is 12.0 Å². The van der Waals surface area contributed by atoms with Crippen LogP contribution in [0.2, 0.25) is 0 Å². The minimum atomic E-state index is -3.84. The Kier molecular flexibility index (Phi) is 7.12. The molecule has 28 heavy (non-hydrogen) atoms. The van der Waals surface area contributed by atoms with E-state index in [2.05, 4.69) is 15.0 Å². The fourth-order valence-corrected chi connectivity index (χ4v) is 3.64. The summed E-state index contributed by atoms with van der Waals surface area (Å²) in [5.41, 5.74) is 0.834. The van der Waals surface area contributed by atoms with E-state index in [1.165, 1.54) is 18.2 Å². The van der Waals surface area contributed by atoms with E-state index in [1.54, 1.807) is 7.05 Å². The van der Waals surface area contributed by atoms with Crippen LogP contribution in [0.25, 0.3) is 0 Å². The Morgan fingerprint density at radius 2 is 2.04 bits per heavy atom. The Morgan fingerprint density at radius 1 is 1.29 bits per heavy atom. The van der Waals surface area contributed by atoms with Crippen molar-refractivity contribution in [3.63, 3.8) is 0 Å². The van der Waals surface area contributed by atoms with Crippen molar-refractivity contribution in [2.45, 2.75) is 11.4 Å². The fraction of sp³-hybridized carbons (Fsp3) is 0.353. The lowest BCUT2D eigenvalue weighted by molar-refractivity contribution is -0.385. The first-order valence-electron chi connectivity index (χ1n) is 8.50. The number of aryl methyl sites for hydroxylation is 1. The van der Waals surface area contributed by atoms with E-state index in [0.717, 1.165) is 11.8 Å². The molecule has 0 atom stereocenters. The summed E-state index contributed by atoms with van der Waals surface area (Å²) < 4.78 is 29.0. The molecule has 2 N–H and O–H groups in total. The number of nitrogens with zero attached hydrogens (tertiary/aromatic N) is 4. The molecule has 0 fully saturated rings. The van der Waals surface area contributed by atoms with Crippen LogP contribution in [0.15, 0.2) is 52.5 Å². The van der Waals surface area contributed by atoms with E-state index in [4.69, 9.17) is 0 Å². The Morgan fingerprint density at radius 3 is 2.64 bits per heavy atom. The lowest BCUT2D eigenvalue weighted by Gasteiger charge is -2.22. The third-order valence-corrected chi connectivity index (χ3v) is 5.52. The Hall–Kier alpha value is -2.92. The topological polar surface area (TPSA) is 122 Å². The normalized spacial score (nSPS) is 12.0. The van der Waals surface area contributed by atoms with Crippen molar-refractivity contribution < 1.29 is 13.3 Å². The molecule has 152 valence electrons. The zero-order valence-electron chi connectivity index (χ0n) is 16.0. The lowest BCUT2D eigenvalue weighted by atomic mass is 10.3. The summed E-state index contributed by atoms with van der Waals surface area (Å²) in [6.07, 6.45) is 1.96. The summed E-state index contributed by atoms with van der Waals surface area (Å²) >= 11 is 0. The summed E-state index contributed by atoms with van der Waals surface area (Å²) in [7, 11) is 1.66. The SMILES string of the molecule is CN=C(NCCNS(=O)(=O)c1cccc([N+](=O)[O-])c1)N(C)Cc1cccn1C. The first-order chi connectivity index (χ1) is 13.2. The van der Waals surface area contributed by atoms with Crippen LogP contribution in [0.4, 0.5) is 5.69 Å². The molecule has 1 aromatic heterocycles. The number of nitro groups is 1. The second-order valence-corrected chi connectivity index (χ2v) is 7.86. The summed E-state index contributed by atoms with van der Waals surface area (Å²) in [5.74, 6) is 0.621. The number of non-ortho nitro benzene ring substituents is 1. The molecule has 0 aliphatic rings. The van der Waals surface area contributed by atoms with Crippen LogP contribution >= 0.6 is 0 Å². The van der Waals surface area contributed by atoms with E-state index in [0.29, 0.717) is 19.0 Å². The van der Waals surface area contributed by atoms with Gasteiger partial charge in [0.2, 0.25) is 10.0 Å². The van der Waals surface area contributed by atoms with E-state index in [-0.39, 0.29) is 17.1 Å². The van der Waals surface area contributed by atoms with Gasteiger partial charge in [0.05, 0.1) is 16.4 Å². The van der Waals surface area contributed by atoms with Crippen molar-refractivity contribution >= 4 is 21.7 Å². The number of sulfonamides is 1. The zero-order valence-corrected chi connectivity index (χ0v) is 16.8. The van der Waals surface area contributed by atoms with Gasteiger partial charge in [0.15, 0.2) is 5.96 Å². The second kappa shape index (κ2) is 9.33. The van der Waals surface area contributed by atoms with Gasteiger partial charge in [-0.25, -0.2) is 13.1 Å². The molecule has 2 aromatic rings. The Balaban J connectivity index is 1.88. The maximum absolute atomic E-state index is 12.3. The molecule has 2 rings (SSSR count). The number of nitrogens with one attached hydrogen (secondary N) is 2. The van der Waals surface area contributed by atoms with Crippen molar-refractivity contribution in [3.8, 4) is 0 Å². The highest BCUT2D eigenvalue weighted by molar-refractivity contribution is 7.89. The highest BCUT2D eigenvalue weighted by atomic mass is 32.2. The van der Waals surface area contributed by atoms with Crippen LogP contribution in [-0.2, 0) is 23.6 Å². The minimum Gasteiger partial charge on any atom is -0.355 e. The Labute approximate surface area is 164 Å². The van der Waals surface area contributed by atoms with Gasteiger partial charge in [-0.15, -0.1) is 0 Å². The van der Waals surface area contributed by atoms with Crippen LogP contribution in [0, 0.1) is 10.1 Å². The number of benzene rings is 1. The van der Waals surface area contributed by atoms with Gasteiger partial charge in [-0.2, -0.15) is 0 Å². The first-order valence-corrected chi connectivity index (χ1v) is 9.99. The van der Waals surface area contributed by atoms with Gasteiger partial charge in [-0.05, 0) is 18.2 Å². The number of nitro benzene ring substituents is 1. The minimum absolute atomic E-state index is 0.0992. The van der Waals surface area contributed by atoms with Crippen molar-refractivity contribution in [1.29, 1.82) is 0 Å². The van der Waals surface area contributed by atoms with E-state index in [1.807, 2.05) is 41.9 Å². The molecular formula is C17H24N6O4S. The predicted octanol–water partition coefficient (Wildman–Crippen LogP) is 0.919. The zero-order chi connectivity index (χ0) is 20.7. The monoisotopic (exact) mass is 408 g/mol. The van der Waals surface area contributed by atoms with Gasteiger partial charge in [0.25, 0.3) is 5.69 Å². The molecule has 0 amide bonds. The molecule has 0 aliphatic carbocycles. The third kappa shape index (κ3) is 5.54. The standard InChI is InChI=1S/C17H24N6O4S/c1-18-17(22(3)13-15-7-5-11-21(15)2)19-9-10-20-28(26,27)16-8-4-6-14(12-16)23(24)25/h4-8,11-12,20H,9-10,13H2,1-3H3,(H,18,19). The number of hydrogen-bond acceptors (Lipinski definition) is 5. The summed E-state index contributed by atoms with van der Waals surface area (Å²) in [5, 5.41) is 13.9. The molecule has 0 unspecified atom stereocenters. The molecule has 0 aliphatic heterocycles. The van der Waals surface area contributed by atoms with Crippen molar-refractivity contribution in [2.75, 3.05) is 27.2 Å². The van der Waals surface area contributed by atoms with Crippen LogP contribution < -0.4 is 10.0 Å². The van der Waals surface area contributed by atoms with Crippen LogP contribution in [0.5, 0.6) is 0 Å². The average Bonchev–Trinajstić information content (AvgIpc) is 3.06. The molecule has 1 aromatic carbocycles. The molecule has 10 nitrogen and oxygen atoms in total. The number of rotatable bonds is 8. The van der Waals surface area contributed by atoms with Gasteiger partial charge < -0.3 is 14.8 Å².